The van der Waals surface area contributed by atoms with Gasteiger partial charge in [0.1, 0.15) is 0 Å². The van der Waals surface area contributed by atoms with Gasteiger partial charge in [0.25, 0.3) is 0 Å². The van der Waals surface area contributed by atoms with Crippen molar-refractivity contribution in [3.63, 3.8) is 0 Å². The molecule has 22 heavy (non-hydrogen) atoms. The highest BCUT2D eigenvalue weighted by molar-refractivity contribution is 5.87. The Kier molecular flexibility index (Phi) is 5.14. The lowest BCUT2D eigenvalue weighted by Crippen LogP contribution is -2.34. The Bertz CT molecular complexity index is 663. The van der Waals surface area contributed by atoms with Gasteiger partial charge in [-0.1, -0.05) is 32.0 Å². The van der Waals surface area contributed by atoms with Crippen LogP contribution in [0, 0.1) is 11.8 Å². The van der Waals surface area contributed by atoms with Gasteiger partial charge in [-0.2, -0.15) is 5.10 Å². The van der Waals surface area contributed by atoms with Gasteiger partial charge in [-0.3, -0.25) is 14.7 Å². The molecule has 0 spiro atoms. The standard InChI is InChI=1S/C16H21N3O3/c1-10(2)7-11(16(21)22)9-17-15(20)8-14-12-5-3-4-6-13(12)18-19-14/h3-6,10-11H,7-9H2,1-2H3,(H,17,20)(H,18,19)(H,21,22). The van der Waals surface area contributed by atoms with Gasteiger partial charge in [0.05, 0.1) is 23.5 Å². The van der Waals surface area contributed by atoms with Crippen molar-refractivity contribution < 1.29 is 14.7 Å². The molecule has 1 atom stereocenters. The fourth-order valence-electron chi connectivity index (χ4n) is 2.45. The number of aromatic nitrogens is 2. The van der Waals surface area contributed by atoms with Gasteiger partial charge in [0.2, 0.25) is 5.91 Å². The molecule has 6 heteroatoms. The molecule has 1 amide bonds. The summed E-state index contributed by atoms with van der Waals surface area (Å²) in [6.07, 6.45) is 0.705. The van der Waals surface area contributed by atoms with E-state index in [0.717, 1.165) is 16.6 Å². The third-order valence-electron chi connectivity index (χ3n) is 3.53. The van der Waals surface area contributed by atoms with Crippen molar-refractivity contribution >= 4 is 22.8 Å². The van der Waals surface area contributed by atoms with Gasteiger partial charge in [-0.05, 0) is 18.4 Å². The van der Waals surface area contributed by atoms with Crippen molar-refractivity contribution in [3.8, 4) is 0 Å². The fourth-order valence-corrected chi connectivity index (χ4v) is 2.45. The van der Waals surface area contributed by atoms with Crippen LogP contribution in [0.3, 0.4) is 0 Å². The highest BCUT2D eigenvalue weighted by Gasteiger charge is 2.20. The molecule has 0 fully saturated rings. The predicted octanol–water partition coefficient (Wildman–Crippen LogP) is 1.97. The number of H-pyrrole nitrogens is 1. The van der Waals surface area contributed by atoms with Gasteiger partial charge in [0.15, 0.2) is 0 Å². The van der Waals surface area contributed by atoms with E-state index in [9.17, 15) is 9.59 Å². The quantitative estimate of drug-likeness (QED) is 0.728. The second-order valence-electron chi connectivity index (χ2n) is 5.86. The molecule has 0 aliphatic carbocycles. The number of carbonyl (C=O) groups excluding carboxylic acids is 1. The Hall–Kier alpha value is -2.37. The summed E-state index contributed by atoms with van der Waals surface area (Å²) < 4.78 is 0. The molecule has 2 rings (SSSR count). The van der Waals surface area contributed by atoms with Crippen molar-refractivity contribution in [2.24, 2.45) is 11.8 Å². The first-order valence-corrected chi connectivity index (χ1v) is 7.39. The predicted molar refractivity (Wildman–Crippen MR) is 83.4 cm³/mol. The van der Waals surface area contributed by atoms with E-state index >= 15 is 0 Å². The van der Waals surface area contributed by atoms with Crippen molar-refractivity contribution in [1.29, 1.82) is 0 Å². The smallest absolute Gasteiger partial charge is 0.308 e. The van der Waals surface area contributed by atoms with Crippen LogP contribution in [0.1, 0.15) is 26.0 Å². The number of aliphatic carboxylic acids is 1. The van der Waals surface area contributed by atoms with E-state index in [2.05, 4.69) is 15.5 Å². The average Bonchev–Trinajstić information content (AvgIpc) is 2.86. The van der Waals surface area contributed by atoms with Gasteiger partial charge in [-0.15, -0.1) is 0 Å². The third kappa shape index (κ3) is 4.07. The molecule has 3 N–H and O–H groups in total. The zero-order valence-corrected chi connectivity index (χ0v) is 12.8. The molecule has 0 aliphatic rings. The number of rotatable bonds is 7. The lowest BCUT2D eigenvalue weighted by molar-refractivity contribution is -0.142. The molecule has 0 bridgehead atoms. The summed E-state index contributed by atoms with van der Waals surface area (Å²) in [7, 11) is 0. The molecule has 118 valence electrons. The molecule has 1 aromatic heterocycles. The summed E-state index contributed by atoms with van der Waals surface area (Å²) in [6.45, 7) is 4.08. The Balaban J connectivity index is 1.94. The SMILES string of the molecule is CC(C)CC(CNC(=O)Cc1[nH]nc2ccccc12)C(=O)O. The second kappa shape index (κ2) is 7.06. The van der Waals surface area contributed by atoms with E-state index in [-0.39, 0.29) is 24.8 Å². The third-order valence-corrected chi connectivity index (χ3v) is 3.53. The first kappa shape index (κ1) is 16.0. The summed E-state index contributed by atoms with van der Waals surface area (Å²) >= 11 is 0. The van der Waals surface area contributed by atoms with E-state index < -0.39 is 11.9 Å². The number of hydrogen-bond acceptors (Lipinski definition) is 3. The summed E-state index contributed by atoms with van der Waals surface area (Å²) in [6, 6.07) is 7.55. The molecule has 0 saturated heterocycles. The number of aromatic amines is 1. The summed E-state index contributed by atoms with van der Waals surface area (Å²) in [4.78, 5) is 23.2. The molecular formula is C16H21N3O3. The number of amides is 1. The highest BCUT2D eigenvalue weighted by Crippen LogP contribution is 2.15. The lowest BCUT2D eigenvalue weighted by atomic mass is 9.97. The van der Waals surface area contributed by atoms with Crippen LogP contribution in [-0.4, -0.2) is 33.7 Å². The topological polar surface area (TPSA) is 95.1 Å². The lowest BCUT2D eigenvalue weighted by Gasteiger charge is -2.15. The normalized spacial score (nSPS) is 12.5. The molecule has 2 aromatic rings. The van der Waals surface area contributed by atoms with Gasteiger partial charge in [-0.25, -0.2) is 0 Å². The number of carboxylic acids is 1. The van der Waals surface area contributed by atoms with Crippen LogP contribution in [0.4, 0.5) is 0 Å². The highest BCUT2D eigenvalue weighted by atomic mass is 16.4. The summed E-state index contributed by atoms with van der Waals surface area (Å²) in [5, 5.41) is 19.8. The molecule has 0 aliphatic heterocycles. The minimum atomic E-state index is -0.874. The number of hydrogen-bond donors (Lipinski definition) is 3. The van der Waals surface area contributed by atoms with Crippen molar-refractivity contribution in [2.75, 3.05) is 6.54 Å². The fraction of sp³-hybridized carbons (Fsp3) is 0.438. The maximum Gasteiger partial charge on any atom is 0.308 e. The maximum absolute atomic E-state index is 12.0. The number of nitrogens with zero attached hydrogens (tertiary/aromatic N) is 1. The van der Waals surface area contributed by atoms with Crippen molar-refractivity contribution in [2.45, 2.75) is 26.7 Å². The van der Waals surface area contributed by atoms with Gasteiger partial charge in [0, 0.05) is 11.9 Å². The Morgan fingerprint density at radius 2 is 2.05 bits per heavy atom. The first-order valence-electron chi connectivity index (χ1n) is 7.39. The Morgan fingerprint density at radius 1 is 1.32 bits per heavy atom. The number of benzene rings is 1. The van der Waals surface area contributed by atoms with E-state index in [1.54, 1.807) is 0 Å². The van der Waals surface area contributed by atoms with Crippen molar-refractivity contribution in [1.82, 2.24) is 15.5 Å². The summed E-state index contributed by atoms with van der Waals surface area (Å²) in [5.74, 6) is -1.36. The molecular weight excluding hydrogens is 282 g/mol. The molecule has 0 saturated carbocycles. The largest absolute Gasteiger partial charge is 0.481 e. The van der Waals surface area contributed by atoms with Gasteiger partial charge >= 0.3 is 5.97 Å². The zero-order chi connectivity index (χ0) is 16.1. The van der Waals surface area contributed by atoms with Crippen LogP contribution in [0.5, 0.6) is 0 Å². The minimum Gasteiger partial charge on any atom is -0.481 e. The number of nitrogens with one attached hydrogen (secondary N) is 2. The molecule has 1 aromatic carbocycles. The first-order chi connectivity index (χ1) is 10.5. The molecule has 1 heterocycles. The van der Waals surface area contributed by atoms with Crippen molar-refractivity contribution in [3.05, 3.63) is 30.0 Å². The van der Waals surface area contributed by atoms with Crippen LogP contribution in [0.2, 0.25) is 0 Å². The molecule has 6 nitrogen and oxygen atoms in total. The molecule has 1 unspecified atom stereocenters. The van der Waals surface area contributed by atoms with E-state index in [1.165, 1.54) is 0 Å². The maximum atomic E-state index is 12.0. The van der Waals surface area contributed by atoms with Crippen LogP contribution in [0.25, 0.3) is 10.9 Å². The van der Waals surface area contributed by atoms with Crippen LogP contribution >= 0.6 is 0 Å². The second-order valence-corrected chi connectivity index (χ2v) is 5.86. The van der Waals surface area contributed by atoms with Crippen LogP contribution in [-0.2, 0) is 16.0 Å². The average molecular weight is 303 g/mol. The van der Waals surface area contributed by atoms with Gasteiger partial charge < -0.3 is 10.4 Å². The monoisotopic (exact) mass is 303 g/mol. The van der Waals surface area contributed by atoms with E-state index in [4.69, 9.17) is 5.11 Å². The number of para-hydroxylation sites is 1. The van der Waals surface area contributed by atoms with Crippen LogP contribution < -0.4 is 5.32 Å². The number of carbonyl (C=O) groups is 2. The van der Waals surface area contributed by atoms with Crippen LogP contribution in [0.15, 0.2) is 24.3 Å². The summed E-state index contributed by atoms with van der Waals surface area (Å²) in [5.41, 5.74) is 1.55. The zero-order valence-electron chi connectivity index (χ0n) is 12.8. The number of fused-ring (bicyclic) bond motifs is 1. The van der Waals surface area contributed by atoms with E-state index in [1.807, 2.05) is 38.1 Å². The minimum absolute atomic E-state index is 0.151. The molecule has 0 radical (unpaired) electrons. The Labute approximate surface area is 128 Å². The Morgan fingerprint density at radius 3 is 2.73 bits per heavy atom. The number of carboxylic acid groups (broad SMARTS) is 1. The van der Waals surface area contributed by atoms with E-state index in [0.29, 0.717) is 6.42 Å².